The van der Waals surface area contributed by atoms with Crippen LogP contribution in [0.4, 0.5) is 0 Å². The van der Waals surface area contributed by atoms with E-state index in [0.29, 0.717) is 30.3 Å². The first-order chi connectivity index (χ1) is 8.67. The molecule has 0 radical (unpaired) electrons. The zero-order valence-electron chi connectivity index (χ0n) is 10.6. The van der Waals surface area contributed by atoms with Crippen LogP contribution < -0.4 is 10.1 Å². The lowest BCUT2D eigenvalue weighted by atomic mass is 10.2. The molecule has 0 saturated heterocycles. The molecule has 0 spiro atoms. The molecule has 100 valence electrons. The van der Waals surface area contributed by atoms with Crippen molar-refractivity contribution < 1.29 is 14.3 Å². The maximum atomic E-state index is 11.8. The largest absolute Gasteiger partial charge is 0.481 e. The van der Waals surface area contributed by atoms with Gasteiger partial charge in [-0.15, -0.1) is 0 Å². The van der Waals surface area contributed by atoms with E-state index in [-0.39, 0.29) is 5.91 Å². The Kier molecular flexibility index (Phi) is 6.54. The predicted molar refractivity (Wildman–Crippen MR) is 71.0 cm³/mol. The molecule has 0 fully saturated rings. The number of carbonyl (C=O) groups is 1. The molecule has 0 heterocycles. The second-order valence-electron chi connectivity index (χ2n) is 3.75. The topological polar surface area (TPSA) is 47.6 Å². The summed E-state index contributed by atoms with van der Waals surface area (Å²) in [5.41, 5.74) is 0. The normalized spacial score (nSPS) is 11.9. The molecule has 0 aliphatic heterocycles. The van der Waals surface area contributed by atoms with E-state index in [1.807, 2.05) is 6.92 Å². The summed E-state index contributed by atoms with van der Waals surface area (Å²) in [6, 6.07) is 6.94. The molecule has 18 heavy (non-hydrogen) atoms. The number of amides is 1. The average molecular weight is 272 g/mol. The summed E-state index contributed by atoms with van der Waals surface area (Å²) >= 11 is 5.78. The SMILES string of the molecule is CC[C@@H](Oc1ccc(Cl)cc1)C(=O)NCCOC. The predicted octanol–water partition coefficient (Wildman–Crippen LogP) is 2.26. The van der Waals surface area contributed by atoms with Crippen LogP contribution in [0.25, 0.3) is 0 Å². The van der Waals surface area contributed by atoms with Gasteiger partial charge in [-0.05, 0) is 30.7 Å². The Bertz CT molecular complexity index is 367. The zero-order valence-corrected chi connectivity index (χ0v) is 11.4. The number of carbonyl (C=O) groups excluding carboxylic acids is 1. The lowest BCUT2D eigenvalue weighted by molar-refractivity contribution is -0.128. The third-order valence-corrected chi connectivity index (χ3v) is 2.61. The molecule has 4 nitrogen and oxygen atoms in total. The van der Waals surface area contributed by atoms with Gasteiger partial charge in [-0.1, -0.05) is 18.5 Å². The minimum atomic E-state index is -0.497. The summed E-state index contributed by atoms with van der Waals surface area (Å²) in [6.07, 6.45) is 0.101. The highest BCUT2D eigenvalue weighted by molar-refractivity contribution is 6.30. The summed E-state index contributed by atoms with van der Waals surface area (Å²) in [6.45, 7) is 2.87. The third-order valence-electron chi connectivity index (χ3n) is 2.36. The molecular weight excluding hydrogens is 254 g/mol. The van der Waals surface area contributed by atoms with Crippen LogP contribution in [0.3, 0.4) is 0 Å². The molecule has 0 unspecified atom stereocenters. The third kappa shape index (κ3) is 4.94. The number of nitrogens with one attached hydrogen (secondary N) is 1. The highest BCUT2D eigenvalue weighted by Gasteiger charge is 2.17. The van der Waals surface area contributed by atoms with Crippen molar-refractivity contribution in [1.82, 2.24) is 5.32 Å². The summed E-state index contributed by atoms with van der Waals surface area (Å²) < 4.78 is 10.5. The van der Waals surface area contributed by atoms with E-state index < -0.39 is 6.10 Å². The van der Waals surface area contributed by atoms with Crippen LogP contribution in [-0.4, -0.2) is 32.3 Å². The molecule has 1 rings (SSSR count). The van der Waals surface area contributed by atoms with Gasteiger partial charge in [0.1, 0.15) is 5.75 Å². The molecule has 0 saturated carbocycles. The van der Waals surface area contributed by atoms with Gasteiger partial charge < -0.3 is 14.8 Å². The molecule has 1 atom stereocenters. The zero-order chi connectivity index (χ0) is 13.4. The lowest BCUT2D eigenvalue weighted by Gasteiger charge is -2.17. The smallest absolute Gasteiger partial charge is 0.261 e. The van der Waals surface area contributed by atoms with Gasteiger partial charge >= 0.3 is 0 Å². The highest BCUT2D eigenvalue weighted by Crippen LogP contribution is 2.17. The fourth-order valence-electron chi connectivity index (χ4n) is 1.39. The summed E-state index contributed by atoms with van der Waals surface area (Å²) in [4.78, 5) is 11.8. The number of benzene rings is 1. The molecule has 1 aromatic rings. The summed E-state index contributed by atoms with van der Waals surface area (Å²) in [5.74, 6) is 0.498. The molecule has 0 aromatic heterocycles. The van der Waals surface area contributed by atoms with Gasteiger partial charge in [0, 0.05) is 18.7 Å². The first kappa shape index (κ1) is 14.8. The Labute approximate surface area is 112 Å². The van der Waals surface area contributed by atoms with Crippen LogP contribution >= 0.6 is 11.6 Å². The lowest BCUT2D eigenvalue weighted by Crippen LogP contribution is -2.39. The Morgan fingerprint density at radius 3 is 2.61 bits per heavy atom. The first-order valence-corrected chi connectivity index (χ1v) is 6.24. The van der Waals surface area contributed by atoms with E-state index in [0.717, 1.165) is 0 Å². The van der Waals surface area contributed by atoms with E-state index in [4.69, 9.17) is 21.1 Å². The molecule has 0 aliphatic rings. The van der Waals surface area contributed by atoms with E-state index >= 15 is 0 Å². The highest BCUT2D eigenvalue weighted by atomic mass is 35.5. The van der Waals surface area contributed by atoms with Crippen LogP contribution in [-0.2, 0) is 9.53 Å². The monoisotopic (exact) mass is 271 g/mol. The van der Waals surface area contributed by atoms with Gasteiger partial charge in [-0.3, -0.25) is 4.79 Å². The second kappa shape index (κ2) is 7.95. The molecular formula is C13H18ClNO3. The van der Waals surface area contributed by atoms with Crippen molar-refractivity contribution >= 4 is 17.5 Å². The van der Waals surface area contributed by atoms with Crippen LogP contribution in [0, 0.1) is 0 Å². The average Bonchev–Trinajstić information content (AvgIpc) is 2.38. The summed E-state index contributed by atoms with van der Waals surface area (Å²) in [7, 11) is 1.59. The minimum Gasteiger partial charge on any atom is -0.481 e. The first-order valence-electron chi connectivity index (χ1n) is 5.86. The van der Waals surface area contributed by atoms with Gasteiger partial charge in [0.25, 0.3) is 5.91 Å². The number of halogens is 1. The van der Waals surface area contributed by atoms with Crippen molar-refractivity contribution in [3.8, 4) is 5.75 Å². The van der Waals surface area contributed by atoms with Crippen molar-refractivity contribution in [2.45, 2.75) is 19.4 Å². The number of hydrogen-bond donors (Lipinski definition) is 1. The Balaban J connectivity index is 2.50. The van der Waals surface area contributed by atoms with Crippen molar-refractivity contribution in [1.29, 1.82) is 0 Å². The van der Waals surface area contributed by atoms with Crippen molar-refractivity contribution in [2.75, 3.05) is 20.3 Å². The number of ether oxygens (including phenoxy) is 2. The van der Waals surface area contributed by atoms with Crippen molar-refractivity contribution in [3.05, 3.63) is 29.3 Å². The standard InChI is InChI=1S/C13H18ClNO3/c1-3-12(13(16)15-8-9-17-2)18-11-6-4-10(14)5-7-11/h4-7,12H,3,8-9H2,1-2H3,(H,15,16)/t12-/m1/s1. The minimum absolute atomic E-state index is 0.135. The van der Waals surface area contributed by atoms with Gasteiger partial charge in [0.15, 0.2) is 6.10 Å². The van der Waals surface area contributed by atoms with Gasteiger partial charge in [0.2, 0.25) is 0 Å². The Morgan fingerprint density at radius 1 is 1.39 bits per heavy atom. The van der Waals surface area contributed by atoms with E-state index in [1.54, 1.807) is 31.4 Å². The molecule has 1 amide bonds. The molecule has 0 bridgehead atoms. The van der Waals surface area contributed by atoms with Crippen LogP contribution in [0.1, 0.15) is 13.3 Å². The van der Waals surface area contributed by atoms with E-state index in [1.165, 1.54) is 0 Å². The number of methoxy groups -OCH3 is 1. The maximum Gasteiger partial charge on any atom is 0.261 e. The quantitative estimate of drug-likeness (QED) is 0.774. The Hall–Kier alpha value is -1.26. The van der Waals surface area contributed by atoms with Crippen LogP contribution in [0.2, 0.25) is 5.02 Å². The van der Waals surface area contributed by atoms with Crippen molar-refractivity contribution in [3.63, 3.8) is 0 Å². The fourth-order valence-corrected chi connectivity index (χ4v) is 1.52. The van der Waals surface area contributed by atoms with Gasteiger partial charge in [-0.2, -0.15) is 0 Å². The molecule has 5 heteroatoms. The van der Waals surface area contributed by atoms with E-state index in [9.17, 15) is 4.79 Å². The Morgan fingerprint density at radius 2 is 2.06 bits per heavy atom. The molecule has 1 aromatic carbocycles. The molecule has 0 aliphatic carbocycles. The van der Waals surface area contributed by atoms with Gasteiger partial charge in [-0.25, -0.2) is 0 Å². The molecule has 1 N–H and O–H groups in total. The number of hydrogen-bond acceptors (Lipinski definition) is 3. The fraction of sp³-hybridized carbons (Fsp3) is 0.462. The van der Waals surface area contributed by atoms with E-state index in [2.05, 4.69) is 5.32 Å². The summed E-state index contributed by atoms with van der Waals surface area (Å²) in [5, 5.41) is 3.39. The van der Waals surface area contributed by atoms with Gasteiger partial charge in [0.05, 0.1) is 6.61 Å². The van der Waals surface area contributed by atoms with Crippen molar-refractivity contribution in [2.24, 2.45) is 0 Å². The van der Waals surface area contributed by atoms with Crippen LogP contribution in [0.5, 0.6) is 5.75 Å². The van der Waals surface area contributed by atoms with Crippen LogP contribution in [0.15, 0.2) is 24.3 Å². The maximum absolute atomic E-state index is 11.8. The number of rotatable bonds is 7. The second-order valence-corrected chi connectivity index (χ2v) is 4.19.